The van der Waals surface area contributed by atoms with Crippen LogP contribution in [0.2, 0.25) is 0 Å². The quantitative estimate of drug-likeness (QED) is 0.0261. The van der Waals surface area contributed by atoms with Crippen LogP contribution in [0.5, 0.6) is 0 Å². The number of unbranched alkanes of at least 4 members (excludes halogenated alkanes) is 38. The van der Waals surface area contributed by atoms with Crippen molar-refractivity contribution in [2.45, 2.75) is 354 Å². The molecule has 1 atom stereocenters. The molecule has 0 rings (SSSR count). The van der Waals surface area contributed by atoms with Crippen molar-refractivity contribution in [3.05, 3.63) is 85.1 Å². The molecule has 6 nitrogen and oxygen atoms in total. The molecule has 0 bridgehead atoms. The fourth-order valence-electron chi connectivity index (χ4n) is 10.0. The summed E-state index contributed by atoms with van der Waals surface area (Å²) in [5.74, 6) is -0.865. The molecular weight excluding hydrogens is 985 g/mol. The largest absolute Gasteiger partial charge is 0.462 e. The summed E-state index contributed by atoms with van der Waals surface area (Å²) in [7, 11) is 0. The van der Waals surface area contributed by atoms with Crippen molar-refractivity contribution in [2.24, 2.45) is 0 Å². The molecular formula is C74H130O6. The van der Waals surface area contributed by atoms with E-state index in [0.29, 0.717) is 19.3 Å². The highest BCUT2D eigenvalue weighted by atomic mass is 16.6. The minimum Gasteiger partial charge on any atom is -0.462 e. The highest BCUT2D eigenvalue weighted by Gasteiger charge is 2.19. The molecule has 0 amide bonds. The first kappa shape index (κ1) is 76.6. The average molecular weight is 1120 g/mol. The van der Waals surface area contributed by atoms with Gasteiger partial charge in [-0.1, -0.05) is 324 Å². The van der Waals surface area contributed by atoms with Crippen LogP contribution in [0.4, 0.5) is 0 Å². The van der Waals surface area contributed by atoms with Crippen LogP contribution in [0.15, 0.2) is 85.1 Å². The lowest BCUT2D eigenvalue weighted by molar-refractivity contribution is -0.167. The van der Waals surface area contributed by atoms with Crippen molar-refractivity contribution in [3.63, 3.8) is 0 Å². The zero-order valence-corrected chi connectivity index (χ0v) is 53.1. The number of esters is 3. The van der Waals surface area contributed by atoms with E-state index < -0.39 is 6.10 Å². The lowest BCUT2D eigenvalue weighted by Crippen LogP contribution is -2.30. The van der Waals surface area contributed by atoms with Crippen LogP contribution in [0, 0.1) is 0 Å². The van der Waals surface area contributed by atoms with Gasteiger partial charge in [0.15, 0.2) is 6.10 Å². The minimum absolute atomic E-state index is 0.0751. The summed E-state index contributed by atoms with van der Waals surface area (Å²) in [6.07, 6.45) is 90.4. The van der Waals surface area contributed by atoms with Crippen LogP contribution in [0.3, 0.4) is 0 Å². The SMILES string of the molecule is CC/C=C\C/C=C\C/C=C\C/C=C\CCCCCCCCCCCCCCCCCCCCC(=O)OCC(COC(=O)CCCCCCCCCCCCCCCC)OC(=O)CCCCCCCCC/C=C\C/C=C\C/C=C\CC. The van der Waals surface area contributed by atoms with Gasteiger partial charge in [0.1, 0.15) is 13.2 Å². The smallest absolute Gasteiger partial charge is 0.306 e. The molecule has 80 heavy (non-hydrogen) atoms. The summed E-state index contributed by atoms with van der Waals surface area (Å²) in [5.41, 5.74) is 0. The van der Waals surface area contributed by atoms with Gasteiger partial charge in [-0.2, -0.15) is 0 Å². The topological polar surface area (TPSA) is 78.9 Å². The fourth-order valence-corrected chi connectivity index (χ4v) is 10.0. The first-order chi connectivity index (χ1) is 39.5. The summed E-state index contributed by atoms with van der Waals surface area (Å²) >= 11 is 0. The van der Waals surface area contributed by atoms with Gasteiger partial charge in [-0.3, -0.25) is 14.4 Å². The molecule has 0 aliphatic heterocycles. The van der Waals surface area contributed by atoms with Crippen molar-refractivity contribution >= 4 is 17.9 Å². The molecule has 0 aromatic rings. The Morgan fingerprint density at radius 2 is 0.487 bits per heavy atom. The van der Waals surface area contributed by atoms with E-state index in [1.165, 1.54) is 199 Å². The number of carbonyl (C=O) groups is 3. The first-order valence-electron chi connectivity index (χ1n) is 34.6. The number of rotatable bonds is 63. The van der Waals surface area contributed by atoms with Crippen molar-refractivity contribution in [1.29, 1.82) is 0 Å². The van der Waals surface area contributed by atoms with E-state index in [-0.39, 0.29) is 31.1 Å². The Balaban J connectivity index is 4.19. The number of hydrogen-bond donors (Lipinski definition) is 0. The molecule has 0 fully saturated rings. The molecule has 1 unspecified atom stereocenters. The van der Waals surface area contributed by atoms with Gasteiger partial charge in [0.2, 0.25) is 0 Å². The predicted molar refractivity (Wildman–Crippen MR) is 348 cm³/mol. The van der Waals surface area contributed by atoms with E-state index in [9.17, 15) is 14.4 Å². The summed E-state index contributed by atoms with van der Waals surface area (Å²) in [4.78, 5) is 38.4. The molecule has 0 spiro atoms. The highest BCUT2D eigenvalue weighted by Crippen LogP contribution is 2.18. The van der Waals surface area contributed by atoms with Gasteiger partial charge in [0.25, 0.3) is 0 Å². The van der Waals surface area contributed by atoms with Gasteiger partial charge in [0, 0.05) is 19.3 Å². The molecule has 0 aromatic carbocycles. The minimum atomic E-state index is -0.780. The fraction of sp³-hybridized carbons (Fsp3) is 0.770. The zero-order valence-electron chi connectivity index (χ0n) is 53.1. The molecule has 6 heteroatoms. The summed E-state index contributed by atoms with van der Waals surface area (Å²) in [6, 6.07) is 0. The van der Waals surface area contributed by atoms with Crippen LogP contribution < -0.4 is 0 Å². The maximum Gasteiger partial charge on any atom is 0.306 e. The highest BCUT2D eigenvalue weighted by molar-refractivity contribution is 5.71. The molecule has 0 aliphatic rings. The van der Waals surface area contributed by atoms with Crippen molar-refractivity contribution in [3.8, 4) is 0 Å². The summed E-state index contributed by atoms with van der Waals surface area (Å²) in [6.45, 7) is 6.46. The molecule has 0 aromatic heterocycles. The van der Waals surface area contributed by atoms with Gasteiger partial charge in [0.05, 0.1) is 0 Å². The van der Waals surface area contributed by atoms with E-state index in [4.69, 9.17) is 14.2 Å². The van der Waals surface area contributed by atoms with E-state index in [1.54, 1.807) is 0 Å². The Labute approximate surface area is 496 Å². The third kappa shape index (κ3) is 65.4. The van der Waals surface area contributed by atoms with Crippen LogP contribution in [-0.4, -0.2) is 37.2 Å². The lowest BCUT2D eigenvalue weighted by Gasteiger charge is -2.18. The van der Waals surface area contributed by atoms with E-state index in [2.05, 4.69) is 106 Å². The third-order valence-corrected chi connectivity index (χ3v) is 15.1. The second-order valence-electron chi connectivity index (χ2n) is 23.0. The molecule has 0 saturated heterocycles. The van der Waals surface area contributed by atoms with Gasteiger partial charge in [-0.15, -0.1) is 0 Å². The average Bonchev–Trinajstić information content (AvgIpc) is 3.46. The number of hydrogen-bond acceptors (Lipinski definition) is 6. The van der Waals surface area contributed by atoms with Crippen molar-refractivity contribution in [1.82, 2.24) is 0 Å². The van der Waals surface area contributed by atoms with E-state index >= 15 is 0 Å². The van der Waals surface area contributed by atoms with Crippen molar-refractivity contribution in [2.75, 3.05) is 13.2 Å². The molecule has 0 saturated carbocycles. The standard InChI is InChI=1S/C74H130O6/c1-4-7-10-13-16-19-22-25-28-30-31-32-33-34-35-36-37-38-39-40-41-42-43-45-46-49-52-55-58-61-64-67-73(76)79-70-71(69-78-72(75)66-63-60-57-54-51-48-27-24-21-18-15-12-9-6-3)80-74(77)68-65-62-59-56-53-50-47-44-29-26-23-20-17-14-11-8-5-2/h7-8,10-11,16-17,19-20,25-26,28-29,31-32,71H,4-6,9,12-15,18,21-24,27,30,33-70H2,1-3H3/b10-7-,11-8-,19-16-,20-17-,28-25-,29-26-,32-31-. The second kappa shape index (κ2) is 68.1. The molecule has 0 radical (unpaired) electrons. The van der Waals surface area contributed by atoms with Crippen LogP contribution >= 0.6 is 0 Å². The summed E-state index contributed by atoms with van der Waals surface area (Å²) in [5, 5.41) is 0. The Morgan fingerprint density at radius 3 is 0.762 bits per heavy atom. The molecule has 462 valence electrons. The van der Waals surface area contributed by atoms with Crippen LogP contribution in [-0.2, 0) is 28.6 Å². The number of allylic oxidation sites excluding steroid dienone is 14. The number of carbonyl (C=O) groups excluding carboxylic acids is 3. The van der Waals surface area contributed by atoms with Gasteiger partial charge < -0.3 is 14.2 Å². The normalized spacial score (nSPS) is 12.6. The Hall–Kier alpha value is -3.41. The second-order valence-corrected chi connectivity index (χ2v) is 23.0. The molecule has 0 N–H and O–H groups in total. The van der Waals surface area contributed by atoms with Gasteiger partial charge in [-0.05, 0) is 89.9 Å². The predicted octanol–water partition coefficient (Wildman–Crippen LogP) is 23.8. The van der Waals surface area contributed by atoms with E-state index in [1.807, 2.05) is 0 Å². The van der Waals surface area contributed by atoms with Crippen LogP contribution in [0.25, 0.3) is 0 Å². The Bertz CT molecular complexity index is 1520. The maximum atomic E-state index is 12.9. The van der Waals surface area contributed by atoms with Crippen LogP contribution in [0.1, 0.15) is 348 Å². The first-order valence-corrected chi connectivity index (χ1v) is 34.6. The number of ether oxygens (including phenoxy) is 3. The summed E-state index contributed by atoms with van der Waals surface area (Å²) < 4.78 is 17.0. The van der Waals surface area contributed by atoms with Gasteiger partial charge >= 0.3 is 17.9 Å². The Kier molecular flexibility index (Phi) is 65.2. The molecule has 0 aliphatic carbocycles. The molecule has 0 heterocycles. The monoisotopic (exact) mass is 1110 g/mol. The lowest BCUT2D eigenvalue weighted by atomic mass is 10.0. The Morgan fingerprint density at radius 1 is 0.263 bits per heavy atom. The maximum absolute atomic E-state index is 12.9. The van der Waals surface area contributed by atoms with E-state index in [0.717, 1.165) is 109 Å². The van der Waals surface area contributed by atoms with Gasteiger partial charge in [-0.25, -0.2) is 0 Å². The zero-order chi connectivity index (χ0) is 57.8. The third-order valence-electron chi connectivity index (χ3n) is 15.1. The van der Waals surface area contributed by atoms with Crippen molar-refractivity contribution < 1.29 is 28.6 Å².